The maximum atomic E-state index is 12.8. The summed E-state index contributed by atoms with van der Waals surface area (Å²) in [6.07, 6.45) is 2.96. The smallest absolute Gasteiger partial charge is 0.243 e. The third kappa shape index (κ3) is 4.50. The minimum absolute atomic E-state index is 0.109. The first-order valence-electron chi connectivity index (χ1n) is 9.38. The molecule has 1 N–H and O–H groups in total. The molecule has 4 rings (SSSR count). The second kappa shape index (κ2) is 8.84. The van der Waals surface area contributed by atoms with Crippen LogP contribution >= 0.6 is 34.7 Å². The van der Waals surface area contributed by atoms with Crippen molar-refractivity contribution in [3.05, 3.63) is 47.5 Å². The Morgan fingerprint density at radius 3 is 2.57 bits per heavy atom. The van der Waals surface area contributed by atoms with E-state index in [1.807, 2.05) is 18.4 Å². The molecule has 0 aliphatic carbocycles. The number of halogens is 1. The molecule has 0 atom stereocenters. The minimum atomic E-state index is -3.58. The van der Waals surface area contributed by atoms with Gasteiger partial charge in [0.15, 0.2) is 5.13 Å². The summed E-state index contributed by atoms with van der Waals surface area (Å²) in [5.41, 5.74) is 0.858. The summed E-state index contributed by atoms with van der Waals surface area (Å²) in [6, 6.07) is 12.2. The molecule has 1 saturated heterocycles. The number of hydrogen-bond donors (Lipinski definition) is 1. The Kier molecular flexibility index (Phi) is 6.36. The summed E-state index contributed by atoms with van der Waals surface area (Å²) in [4.78, 5) is 18.6. The number of thiazole rings is 1. The van der Waals surface area contributed by atoms with Crippen LogP contribution in [0.4, 0.5) is 5.13 Å². The lowest BCUT2D eigenvalue weighted by molar-refractivity contribution is -0.120. The summed E-state index contributed by atoms with van der Waals surface area (Å²) in [6.45, 7) is 0.611. The van der Waals surface area contributed by atoms with Gasteiger partial charge >= 0.3 is 0 Å². The Morgan fingerprint density at radius 2 is 1.90 bits per heavy atom. The Labute approximate surface area is 188 Å². The van der Waals surface area contributed by atoms with Gasteiger partial charge in [0.05, 0.1) is 15.1 Å². The van der Waals surface area contributed by atoms with Crippen LogP contribution in [0.5, 0.6) is 0 Å². The van der Waals surface area contributed by atoms with Crippen molar-refractivity contribution in [2.45, 2.75) is 22.6 Å². The van der Waals surface area contributed by atoms with Crippen molar-refractivity contribution < 1.29 is 13.2 Å². The van der Waals surface area contributed by atoms with Crippen LogP contribution in [0, 0.1) is 5.92 Å². The van der Waals surface area contributed by atoms with Crippen molar-refractivity contribution in [2.75, 3.05) is 24.7 Å². The number of rotatable bonds is 5. The predicted octanol–water partition coefficient (Wildman–Crippen LogP) is 4.71. The first kappa shape index (κ1) is 21.6. The van der Waals surface area contributed by atoms with Gasteiger partial charge < -0.3 is 5.32 Å². The molecule has 0 saturated carbocycles. The summed E-state index contributed by atoms with van der Waals surface area (Å²) in [5, 5.41) is 3.97. The van der Waals surface area contributed by atoms with Crippen LogP contribution in [-0.4, -0.2) is 43.0 Å². The molecule has 30 heavy (non-hydrogen) atoms. The Hall–Kier alpha value is -1.65. The molecule has 158 valence electrons. The summed E-state index contributed by atoms with van der Waals surface area (Å²) >= 11 is 8.96. The van der Waals surface area contributed by atoms with E-state index in [4.69, 9.17) is 11.6 Å². The fourth-order valence-electron chi connectivity index (χ4n) is 3.41. The van der Waals surface area contributed by atoms with Crippen molar-refractivity contribution in [3.63, 3.8) is 0 Å². The number of anilines is 1. The van der Waals surface area contributed by atoms with Crippen LogP contribution in [0.3, 0.4) is 0 Å². The number of amides is 1. The third-order valence-corrected chi connectivity index (χ3v) is 8.93. The number of piperidine rings is 1. The summed E-state index contributed by atoms with van der Waals surface area (Å²) < 4.78 is 28.0. The topological polar surface area (TPSA) is 79.4 Å². The van der Waals surface area contributed by atoms with Crippen molar-refractivity contribution in [1.29, 1.82) is 0 Å². The highest BCUT2D eigenvalue weighted by atomic mass is 35.5. The van der Waals surface area contributed by atoms with Crippen LogP contribution in [0.2, 0.25) is 5.02 Å². The standard InChI is InChI=1S/C20H20ClN3O3S3/c1-28-15-4-7-17-18(12-15)29-20(22-17)23-19(25)13-8-10-24(11-9-13)30(26,27)16-5-2-14(21)3-6-16/h2-7,12-13H,8-11H2,1H3,(H,22,23,25). The van der Waals surface area contributed by atoms with Crippen LogP contribution < -0.4 is 5.32 Å². The molecule has 0 bridgehead atoms. The predicted molar refractivity (Wildman–Crippen MR) is 123 cm³/mol. The molecule has 1 fully saturated rings. The largest absolute Gasteiger partial charge is 0.302 e. The highest BCUT2D eigenvalue weighted by molar-refractivity contribution is 7.98. The van der Waals surface area contributed by atoms with Crippen LogP contribution in [0.25, 0.3) is 10.2 Å². The Bertz CT molecular complexity index is 1170. The molecular weight excluding hydrogens is 462 g/mol. The highest BCUT2D eigenvalue weighted by Crippen LogP contribution is 2.31. The van der Waals surface area contributed by atoms with Crippen molar-refractivity contribution in [2.24, 2.45) is 5.92 Å². The maximum Gasteiger partial charge on any atom is 0.243 e. The quantitative estimate of drug-likeness (QED) is 0.534. The van der Waals surface area contributed by atoms with E-state index in [1.54, 1.807) is 23.9 Å². The SMILES string of the molecule is CSc1ccc2nc(NC(=O)C3CCN(S(=O)(=O)c4ccc(Cl)cc4)CC3)sc2c1. The lowest BCUT2D eigenvalue weighted by Crippen LogP contribution is -2.41. The number of nitrogens with one attached hydrogen (secondary N) is 1. The van der Waals surface area contributed by atoms with Crippen molar-refractivity contribution in [3.8, 4) is 0 Å². The monoisotopic (exact) mass is 481 g/mol. The van der Waals surface area contributed by atoms with E-state index in [-0.39, 0.29) is 16.7 Å². The fourth-order valence-corrected chi connectivity index (χ4v) is 6.42. The van der Waals surface area contributed by atoms with Gasteiger partial charge in [0, 0.05) is 28.9 Å². The third-order valence-electron chi connectivity index (χ3n) is 5.10. The average Bonchev–Trinajstić information content (AvgIpc) is 3.15. The van der Waals surface area contributed by atoms with Gasteiger partial charge in [-0.1, -0.05) is 22.9 Å². The van der Waals surface area contributed by atoms with Gasteiger partial charge in [-0.05, 0) is 61.6 Å². The van der Waals surface area contributed by atoms with E-state index >= 15 is 0 Å². The highest BCUT2D eigenvalue weighted by Gasteiger charge is 2.32. The maximum absolute atomic E-state index is 12.8. The fraction of sp³-hybridized carbons (Fsp3) is 0.300. The van der Waals surface area contributed by atoms with Crippen LogP contribution in [0.15, 0.2) is 52.3 Å². The zero-order valence-corrected chi connectivity index (χ0v) is 19.4. The second-order valence-corrected chi connectivity index (χ2v) is 11.3. The van der Waals surface area contributed by atoms with E-state index in [0.29, 0.717) is 36.1 Å². The number of fused-ring (bicyclic) bond motifs is 1. The molecule has 2 aromatic carbocycles. The Balaban J connectivity index is 1.39. The summed E-state index contributed by atoms with van der Waals surface area (Å²) in [5.74, 6) is -0.349. The lowest BCUT2D eigenvalue weighted by atomic mass is 9.97. The van der Waals surface area contributed by atoms with Crippen molar-refractivity contribution in [1.82, 2.24) is 9.29 Å². The molecule has 1 aliphatic heterocycles. The van der Waals surface area contributed by atoms with Gasteiger partial charge in [0.25, 0.3) is 0 Å². The van der Waals surface area contributed by atoms with E-state index < -0.39 is 10.0 Å². The molecule has 1 amide bonds. The van der Waals surface area contributed by atoms with Gasteiger partial charge in [-0.2, -0.15) is 4.31 Å². The van der Waals surface area contributed by atoms with Gasteiger partial charge in [0.1, 0.15) is 0 Å². The number of carbonyl (C=O) groups is 1. The Morgan fingerprint density at radius 1 is 1.20 bits per heavy atom. The number of carbonyl (C=O) groups excluding carboxylic acids is 1. The molecule has 10 heteroatoms. The molecule has 1 aromatic heterocycles. The molecule has 1 aliphatic rings. The van der Waals surface area contributed by atoms with E-state index in [0.717, 1.165) is 15.1 Å². The molecule has 2 heterocycles. The zero-order valence-electron chi connectivity index (χ0n) is 16.2. The van der Waals surface area contributed by atoms with E-state index in [2.05, 4.69) is 16.4 Å². The van der Waals surface area contributed by atoms with Gasteiger partial charge in [-0.3, -0.25) is 4.79 Å². The minimum Gasteiger partial charge on any atom is -0.302 e. The van der Waals surface area contributed by atoms with E-state index in [9.17, 15) is 13.2 Å². The number of hydrogen-bond acceptors (Lipinski definition) is 6. The lowest BCUT2D eigenvalue weighted by Gasteiger charge is -2.30. The van der Waals surface area contributed by atoms with Crippen LogP contribution in [-0.2, 0) is 14.8 Å². The number of aromatic nitrogens is 1. The molecule has 0 unspecified atom stereocenters. The van der Waals surface area contributed by atoms with E-state index in [1.165, 1.54) is 27.8 Å². The molecule has 3 aromatic rings. The van der Waals surface area contributed by atoms with Crippen LogP contribution in [0.1, 0.15) is 12.8 Å². The molecule has 6 nitrogen and oxygen atoms in total. The first-order valence-corrected chi connectivity index (χ1v) is 13.2. The number of thioether (sulfide) groups is 1. The normalized spacial score (nSPS) is 16.1. The van der Waals surface area contributed by atoms with Gasteiger partial charge in [0.2, 0.25) is 15.9 Å². The van der Waals surface area contributed by atoms with Crippen molar-refractivity contribution >= 4 is 66.0 Å². The van der Waals surface area contributed by atoms with Gasteiger partial charge in [-0.25, -0.2) is 13.4 Å². The molecule has 0 radical (unpaired) electrons. The molecule has 0 spiro atoms. The molecular formula is C20H20ClN3O3S3. The van der Waals surface area contributed by atoms with Gasteiger partial charge in [-0.15, -0.1) is 11.8 Å². The first-order chi connectivity index (χ1) is 14.4. The zero-order chi connectivity index (χ0) is 21.3. The number of sulfonamides is 1. The number of benzene rings is 2. The second-order valence-electron chi connectivity index (χ2n) is 6.97. The summed E-state index contributed by atoms with van der Waals surface area (Å²) in [7, 11) is -3.58. The average molecular weight is 482 g/mol. The number of nitrogens with zero attached hydrogens (tertiary/aromatic N) is 2.